The fourth-order valence-electron chi connectivity index (χ4n) is 1.39. The van der Waals surface area contributed by atoms with Gasteiger partial charge in [0.2, 0.25) is 5.88 Å². The van der Waals surface area contributed by atoms with E-state index < -0.39 is 5.97 Å². The Labute approximate surface area is 114 Å². The van der Waals surface area contributed by atoms with E-state index in [0.29, 0.717) is 12.5 Å². The Morgan fingerprint density at radius 2 is 2.37 bits per heavy atom. The van der Waals surface area contributed by atoms with E-state index in [1.54, 1.807) is 25.3 Å². The zero-order valence-corrected chi connectivity index (χ0v) is 11.4. The lowest BCUT2D eigenvalue weighted by atomic mass is 10.4. The Morgan fingerprint density at radius 1 is 1.53 bits per heavy atom. The SMILES string of the molecule is COCn1ccsc1=Nc1cccc(OC(C)=O)n1. The van der Waals surface area contributed by atoms with Crippen molar-refractivity contribution in [3.8, 4) is 5.88 Å². The van der Waals surface area contributed by atoms with E-state index in [-0.39, 0.29) is 5.88 Å². The quantitative estimate of drug-likeness (QED) is 0.799. The Kier molecular flexibility index (Phi) is 4.43. The van der Waals surface area contributed by atoms with Crippen LogP contribution in [-0.2, 0) is 16.3 Å². The Bertz CT molecular complexity index is 633. The lowest BCUT2D eigenvalue weighted by molar-refractivity contribution is -0.132. The first-order valence-electron chi connectivity index (χ1n) is 5.52. The molecule has 0 spiro atoms. The first-order chi connectivity index (χ1) is 9.19. The highest BCUT2D eigenvalue weighted by atomic mass is 32.1. The highest BCUT2D eigenvalue weighted by Gasteiger charge is 2.01. The minimum Gasteiger partial charge on any atom is -0.408 e. The van der Waals surface area contributed by atoms with Crippen LogP contribution in [0.3, 0.4) is 0 Å². The van der Waals surface area contributed by atoms with E-state index in [2.05, 4.69) is 9.98 Å². The van der Waals surface area contributed by atoms with Crippen LogP contribution >= 0.6 is 11.3 Å². The van der Waals surface area contributed by atoms with Crippen LogP contribution in [0.1, 0.15) is 6.92 Å². The molecule has 0 fully saturated rings. The van der Waals surface area contributed by atoms with E-state index in [1.165, 1.54) is 18.3 Å². The van der Waals surface area contributed by atoms with Gasteiger partial charge in [-0.15, -0.1) is 11.3 Å². The van der Waals surface area contributed by atoms with Crippen LogP contribution < -0.4 is 9.54 Å². The van der Waals surface area contributed by atoms with Crippen LogP contribution in [-0.4, -0.2) is 22.6 Å². The van der Waals surface area contributed by atoms with Gasteiger partial charge in [-0.2, -0.15) is 4.98 Å². The molecule has 6 nitrogen and oxygen atoms in total. The summed E-state index contributed by atoms with van der Waals surface area (Å²) in [6.07, 6.45) is 1.88. The summed E-state index contributed by atoms with van der Waals surface area (Å²) in [5.74, 6) is 0.310. The molecule has 0 unspecified atom stereocenters. The number of esters is 1. The van der Waals surface area contributed by atoms with E-state index >= 15 is 0 Å². The molecule has 2 heterocycles. The molecule has 0 amide bonds. The molecule has 7 heteroatoms. The van der Waals surface area contributed by atoms with Gasteiger partial charge in [0.1, 0.15) is 6.73 Å². The number of hydrogen-bond donors (Lipinski definition) is 0. The number of aromatic nitrogens is 2. The number of methoxy groups -OCH3 is 1. The zero-order chi connectivity index (χ0) is 13.7. The number of carbonyl (C=O) groups excluding carboxylic acids is 1. The largest absolute Gasteiger partial charge is 0.408 e. The van der Waals surface area contributed by atoms with E-state index in [0.717, 1.165) is 4.80 Å². The maximum Gasteiger partial charge on any atom is 0.309 e. The molecule has 0 aromatic carbocycles. The van der Waals surface area contributed by atoms with Crippen LogP contribution in [0.4, 0.5) is 5.82 Å². The minimum atomic E-state index is -0.407. The van der Waals surface area contributed by atoms with Gasteiger partial charge in [-0.1, -0.05) is 6.07 Å². The molecule has 2 aromatic rings. The smallest absolute Gasteiger partial charge is 0.309 e. The van der Waals surface area contributed by atoms with E-state index in [4.69, 9.17) is 9.47 Å². The van der Waals surface area contributed by atoms with Crippen molar-refractivity contribution in [2.24, 2.45) is 4.99 Å². The summed E-state index contributed by atoms with van der Waals surface area (Å²) in [4.78, 5) is 20.1. The predicted octanol–water partition coefficient (Wildman–Crippen LogP) is 1.71. The molecule has 0 aliphatic heterocycles. The van der Waals surface area contributed by atoms with Gasteiger partial charge < -0.3 is 9.47 Å². The van der Waals surface area contributed by atoms with Gasteiger partial charge >= 0.3 is 5.97 Å². The molecule has 0 N–H and O–H groups in total. The summed E-state index contributed by atoms with van der Waals surface area (Å²) < 4.78 is 11.8. The number of carbonyl (C=O) groups is 1. The predicted molar refractivity (Wildman–Crippen MR) is 70.1 cm³/mol. The van der Waals surface area contributed by atoms with Crippen LogP contribution in [0.25, 0.3) is 0 Å². The first kappa shape index (κ1) is 13.4. The van der Waals surface area contributed by atoms with Crippen molar-refractivity contribution in [3.05, 3.63) is 34.6 Å². The fourth-order valence-corrected chi connectivity index (χ4v) is 2.12. The third-order valence-electron chi connectivity index (χ3n) is 2.10. The summed E-state index contributed by atoms with van der Waals surface area (Å²) in [5, 5.41) is 1.91. The van der Waals surface area contributed by atoms with Gasteiger partial charge in [-0.3, -0.25) is 9.36 Å². The molecule has 0 aliphatic rings. The third-order valence-corrected chi connectivity index (χ3v) is 2.89. The molecule has 19 heavy (non-hydrogen) atoms. The lowest BCUT2D eigenvalue weighted by Crippen LogP contribution is -2.14. The molecule has 2 aromatic heterocycles. The van der Waals surface area contributed by atoms with Crippen molar-refractivity contribution in [1.82, 2.24) is 9.55 Å². The topological polar surface area (TPSA) is 65.7 Å². The van der Waals surface area contributed by atoms with Gasteiger partial charge in [-0.25, -0.2) is 4.99 Å². The Hall–Kier alpha value is -1.99. The Balaban J connectivity index is 2.31. The molecular weight excluding hydrogens is 266 g/mol. The second kappa shape index (κ2) is 6.26. The Morgan fingerprint density at radius 3 is 3.11 bits per heavy atom. The lowest BCUT2D eigenvalue weighted by Gasteiger charge is -2.01. The molecule has 0 bridgehead atoms. The normalized spacial score (nSPS) is 11.6. The second-order valence-corrected chi connectivity index (χ2v) is 4.49. The monoisotopic (exact) mass is 279 g/mol. The van der Waals surface area contributed by atoms with Crippen molar-refractivity contribution in [3.63, 3.8) is 0 Å². The number of rotatable bonds is 4. The van der Waals surface area contributed by atoms with E-state index in [1.807, 2.05) is 16.1 Å². The molecule has 100 valence electrons. The van der Waals surface area contributed by atoms with Crippen LogP contribution in [0.15, 0.2) is 34.8 Å². The van der Waals surface area contributed by atoms with Gasteiger partial charge in [0, 0.05) is 31.7 Å². The van der Waals surface area contributed by atoms with Crippen molar-refractivity contribution < 1.29 is 14.3 Å². The summed E-state index contributed by atoms with van der Waals surface area (Å²) in [6.45, 7) is 1.75. The highest BCUT2D eigenvalue weighted by Crippen LogP contribution is 2.13. The highest BCUT2D eigenvalue weighted by molar-refractivity contribution is 7.07. The third kappa shape index (κ3) is 3.73. The number of thiazole rings is 1. The summed E-state index contributed by atoms with van der Waals surface area (Å²) in [7, 11) is 1.62. The summed E-state index contributed by atoms with van der Waals surface area (Å²) in [5.41, 5.74) is 0. The summed E-state index contributed by atoms with van der Waals surface area (Å²) in [6, 6.07) is 5.08. The van der Waals surface area contributed by atoms with Gasteiger partial charge in [0.25, 0.3) is 0 Å². The maximum atomic E-state index is 10.9. The van der Waals surface area contributed by atoms with Crippen molar-refractivity contribution in [2.75, 3.05) is 7.11 Å². The minimum absolute atomic E-state index is 0.239. The number of nitrogens with zero attached hydrogens (tertiary/aromatic N) is 3. The molecule has 0 radical (unpaired) electrons. The molecule has 0 aliphatic carbocycles. The van der Waals surface area contributed by atoms with Gasteiger partial charge in [0.15, 0.2) is 10.6 Å². The van der Waals surface area contributed by atoms with Crippen molar-refractivity contribution in [1.29, 1.82) is 0 Å². The fraction of sp³-hybridized carbons (Fsp3) is 0.250. The average Bonchev–Trinajstić information content (AvgIpc) is 2.77. The molecular formula is C12H13N3O3S. The number of ether oxygens (including phenoxy) is 2. The molecule has 0 saturated heterocycles. The van der Waals surface area contributed by atoms with Gasteiger partial charge in [0.05, 0.1) is 0 Å². The van der Waals surface area contributed by atoms with Crippen molar-refractivity contribution >= 4 is 23.1 Å². The van der Waals surface area contributed by atoms with Crippen LogP contribution in [0.5, 0.6) is 5.88 Å². The van der Waals surface area contributed by atoms with Crippen molar-refractivity contribution in [2.45, 2.75) is 13.7 Å². The zero-order valence-electron chi connectivity index (χ0n) is 10.6. The van der Waals surface area contributed by atoms with Crippen LogP contribution in [0, 0.1) is 0 Å². The van der Waals surface area contributed by atoms with Gasteiger partial charge in [-0.05, 0) is 6.07 Å². The average molecular weight is 279 g/mol. The number of pyridine rings is 1. The van der Waals surface area contributed by atoms with Crippen LogP contribution in [0.2, 0.25) is 0 Å². The standard InChI is InChI=1S/C12H13N3O3S/c1-9(16)18-11-5-3-4-10(13-11)14-12-15(8-17-2)6-7-19-12/h3-7H,8H2,1-2H3. The maximum absolute atomic E-state index is 10.9. The number of hydrogen-bond acceptors (Lipinski definition) is 6. The second-order valence-electron chi connectivity index (χ2n) is 3.61. The first-order valence-corrected chi connectivity index (χ1v) is 6.40. The molecule has 0 atom stereocenters. The molecule has 0 saturated carbocycles. The molecule has 2 rings (SSSR count). The summed E-state index contributed by atoms with van der Waals surface area (Å²) >= 11 is 1.47. The van der Waals surface area contributed by atoms with E-state index in [9.17, 15) is 4.79 Å².